The SMILES string of the molecule is O=[N+]([O-])C1=CCC(CBr)(CBr)C=C1. The van der Waals surface area contributed by atoms with Crippen molar-refractivity contribution in [2.45, 2.75) is 6.42 Å². The zero-order valence-electron chi connectivity index (χ0n) is 6.87. The summed E-state index contributed by atoms with van der Waals surface area (Å²) in [4.78, 5) is 10.0. The van der Waals surface area contributed by atoms with Crippen molar-refractivity contribution < 1.29 is 4.92 Å². The third-order valence-electron chi connectivity index (χ3n) is 2.07. The molecular formula is C8H9Br2NO2. The lowest BCUT2D eigenvalue weighted by Gasteiger charge is -2.26. The van der Waals surface area contributed by atoms with Crippen molar-refractivity contribution in [3.05, 3.63) is 34.0 Å². The minimum absolute atomic E-state index is 0.000486. The summed E-state index contributed by atoms with van der Waals surface area (Å²) in [6.07, 6.45) is 5.85. The van der Waals surface area contributed by atoms with Crippen LogP contribution in [0.5, 0.6) is 0 Å². The first kappa shape index (κ1) is 10.9. The second-order valence-corrected chi connectivity index (χ2v) is 4.17. The number of allylic oxidation sites excluding steroid dienone is 3. The molecule has 0 radical (unpaired) electrons. The summed E-state index contributed by atoms with van der Waals surface area (Å²) < 4.78 is 0. The van der Waals surface area contributed by atoms with E-state index in [1.165, 1.54) is 0 Å². The molecule has 5 heteroatoms. The molecular weight excluding hydrogens is 302 g/mol. The van der Waals surface area contributed by atoms with Gasteiger partial charge in [-0.2, -0.15) is 0 Å². The molecule has 1 aliphatic carbocycles. The van der Waals surface area contributed by atoms with Gasteiger partial charge in [0.15, 0.2) is 0 Å². The van der Waals surface area contributed by atoms with E-state index in [2.05, 4.69) is 31.9 Å². The van der Waals surface area contributed by atoms with E-state index in [1.54, 1.807) is 12.2 Å². The number of alkyl halides is 2. The molecule has 0 aromatic rings. The van der Waals surface area contributed by atoms with Crippen molar-refractivity contribution >= 4 is 31.9 Å². The Morgan fingerprint density at radius 2 is 2.15 bits per heavy atom. The molecule has 0 saturated carbocycles. The highest BCUT2D eigenvalue weighted by Gasteiger charge is 2.28. The van der Waals surface area contributed by atoms with Crippen molar-refractivity contribution in [2.24, 2.45) is 5.41 Å². The van der Waals surface area contributed by atoms with Crippen LogP contribution in [-0.4, -0.2) is 15.6 Å². The van der Waals surface area contributed by atoms with Gasteiger partial charge in [0.2, 0.25) is 0 Å². The van der Waals surface area contributed by atoms with Crippen molar-refractivity contribution in [3.63, 3.8) is 0 Å². The van der Waals surface area contributed by atoms with Crippen molar-refractivity contribution in [3.8, 4) is 0 Å². The summed E-state index contributed by atoms with van der Waals surface area (Å²) in [6.45, 7) is 0. The quantitative estimate of drug-likeness (QED) is 0.457. The largest absolute Gasteiger partial charge is 0.265 e. The molecule has 0 saturated heterocycles. The fourth-order valence-electron chi connectivity index (χ4n) is 1.08. The first-order valence-corrected chi connectivity index (χ1v) is 6.03. The molecule has 0 aromatic carbocycles. The van der Waals surface area contributed by atoms with Crippen LogP contribution in [0.1, 0.15) is 6.42 Å². The summed E-state index contributed by atoms with van der Waals surface area (Å²) in [5, 5.41) is 12.0. The molecule has 0 aliphatic heterocycles. The highest BCUT2D eigenvalue weighted by atomic mass is 79.9. The normalized spacial score (nSPS) is 19.7. The molecule has 0 amide bonds. The summed E-state index contributed by atoms with van der Waals surface area (Å²) in [6, 6.07) is 0. The zero-order valence-corrected chi connectivity index (χ0v) is 10.0. The van der Waals surface area contributed by atoms with E-state index in [-0.39, 0.29) is 16.0 Å². The highest BCUT2D eigenvalue weighted by molar-refractivity contribution is 9.09. The van der Waals surface area contributed by atoms with Crippen LogP contribution in [0.2, 0.25) is 0 Å². The van der Waals surface area contributed by atoms with E-state index < -0.39 is 0 Å². The Bertz CT molecular complexity index is 269. The van der Waals surface area contributed by atoms with Crippen LogP contribution in [0, 0.1) is 15.5 Å². The molecule has 0 spiro atoms. The summed E-state index contributed by atoms with van der Waals surface area (Å²) in [5.41, 5.74) is 0.192. The number of hydrogen-bond acceptors (Lipinski definition) is 2. The first-order chi connectivity index (χ1) is 6.13. The maximum atomic E-state index is 10.4. The Hall–Kier alpha value is -0.160. The summed E-state index contributed by atoms with van der Waals surface area (Å²) >= 11 is 6.81. The molecule has 1 aliphatic rings. The van der Waals surface area contributed by atoms with Gasteiger partial charge in [0, 0.05) is 22.2 Å². The zero-order chi connectivity index (χ0) is 9.90. The van der Waals surface area contributed by atoms with Gasteiger partial charge >= 0.3 is 0 Å². The molecule has 0 aromatic heterocycles. The van der Waals surface area contributed by atoms with Crippen LogP contribution in [0.15, 0.2) is 23.9 Å². The monoisotopic (exact) mass is 309 g/mol. The standard InChI is InChI=1S/C8H9Br2NO2/c9-5-8(6-10)3-1-7(2-4-8)11(12)13/h1-3H,4-6H2. The van der Waals surface area contributed by atoms with Crippen molar-refractivity contribution in [1.29, 1.82) is 0 Å². The summed E-state index contributed by atoms with van der Waals surface area (Å²) in [7, 11) is 0. The van der Waals surface area contributed by atoms with E-state index in [0.29, 0.717) is 6.42 Å². The van der Waals surface area contributed by atoms with Gasteiger partial charge < -0.3 is 0 Å². The number of nitro groups is 1. The second-order valence-electron chi connectivity index (χ2n) is 3.05. The Labute approximate surface area is 93.3 Å². The number of hydrogen-bond donors (Lipinski definition) is 0. The van der Waals surface area contributed by atoms with Crippen LogP contribution >= 0.6 is 31.9 Å². The molecule has 72 valence electrons. The fourth-order valence-corrected chi connectivity index (χ4v) is 2.84. The molecule has 3 nitrogen and oxygen atoms in total. The van der Waals surface area contributed by atoms with E-state index >= 15 is 0 Å². The Morgan fingerprint density at radius 3 is 2.46 bits per heavy atom. The van der Waals surface area contributed by atoms with Gasteiger partial charge in [-0.15, -0.1) is 0 Å². The average molecular weight is 311 g/mol. The third kappa shape index (κ3) is 2.40. The van der Waals surface area contributed by atoms with Gasteiger partial charge in [-0.3, -0.25) is 10.1 Å². The number of halogens is 2. The molecule has 1 rings (SSSR count). The van der Waals surface area contributed by atoms with Crippen LogP contribution in [0.3, 0.4) is 0 Å². The third-order valence-corrected chi connectivity index (χ3v) is 4.30. The van der Waals surface area contributed by atoms with E-state index in [4.69, 9.17) is 0 Å². The maximum Gasteiger partial charge on any atom is 0.265 e. The maximum absolute atomic E-state index is 10.4. The lowest BCUT2D eigenvalue weighted by Crippen LogP contribution is -2.23. The lowest BCUT2D eigenvalue weighted by atomic mass is 9.85. The van der Waals surface area contributed by atoms with E-state index in [0.717, 1.165) is 10.7 Å². The molecule has 13 heavy (non-hydrogen) atoms. The predicted molar refractivity (Wildman–Crippen MR) is 58.9 cm³/mol. The van der Waals surface area contributed by atoms with Gasteiger partial charge in [0.25, 0.3) is 5.70 Å². The number of nitrogens with zero attached hydrogens (tertiary/aromatic N) is 1. The fraction of sp³-hybridized carbons (Fsp3) is 0.500. The van der Waals surface area contributed by atoms with Crippen LogP contribution in [0.4, 0.5) is 0 Å². The van der Waals surface area contributed by atoms with Gasteiger partial charge in [0.05, 0.1) is 4.92 Å². The average Bonchev–Trinajstić information content (AvgIpc) is 2.18. The van der Waals surface area contributed by atoms with E-state index in [1.807, 2.05) is 6.08 Å². The Balaban J connectivity index is 2.77. The minimum Gasteiger partial charge on any atom is -0.258 e. The molecule has 0 unspecified atom stereocenters. The highest BCUT2D eigenvalue weighted by Crippen LogP contribution is 2.33. The molecule has 0 bridgehead atoms. The first-order valence-electron chi connectivity index (χ1n) is 3.79. The second kappa shape index (κ2) is 4.37. The van der Waals surface area contributed by atoms with Crippen LogP contribution in [-0.2, 0) is 0 Å². The van der Waals surface area contributed by atoms with E-state index in [9.17, 15) is 10.1 Å². The molecule has 0 N–H and O–H groups in total. The van der Waals surface area contributed by atoms with Crippen molar-refractivity contribution in [1.82, 2.24) is 0 Å². The van der Waals surface area contributed by atoms with Crippen molar-refractivity contribution in [2.75, 3.05) is 10.7 Å². The summed E-state index contributed by atoms with van der Waals surface area (Å²) in [5.74, 6) is 0. The molecule has 0 heterocycles. The topological polar surface area (TPSA) is 43.1 Å². The smallest absolute Gasteiger partial charge is 0.258 e. The Morgan fingerprint density at radius 1 is 1.54 bits per heavy atom. The lowest BCUT2D eigenvalue weighted by molar-refractivity contribution is -0.419. The molecule has 0 fully saturated rings. The van der Waals surface area contributed by atoms with Crippen LogP contribution < -0.4 is 0 Å². The van der Waals surface area contributed by atoms with Gasteiger partial charge in [-0.25, -0.2) is 0 Å². The minimum atomic E-state index is -0.358. The molecule has 0 atom stereocenters. The predicted octanol–water partition coefficient (Wildman–Crippen LogP) is 2.88. The van der Waals surface area contributed by atoms with Crippen LogP contribution in [0.25, 0.3) is 0 Å². The van der Waals surface area contributed by atoms with Gasteiger partial charge in [-0.05, 0) is 12.5 Å². The number of rotatable bonds is 3. The van der Waals surface area contributed by atoms with Gasteiger partial charge in [0.1, 0.15) is 0 Å². The Kier molecular flexibility index (Phi) is 3.67. The van der Waals surface area contributed by atoms with Gasteiger partial charge in [-0.1, -0.05) is 37.9 Å².